The van der Waals surface area contributed by atoms with Crippen LogP contribution in [0.25, 0.3) is 0 Å². The minimum atomic E-state index is -0.719. The second kappa shape index (κ2) is 8.07. The lowest BCUT2D eigenvalue weighted by molar-refractivity contribution is -0.126. The fourth-order valence-corrected chi connectivity index (χ4v) is 1.86. The monoisotopic (exact) mass is 321 g/mol. The largest absolute Gasteiger partial charge is 0.344 e. The number of hydrogen-bond donors (Lipinski definition) is 3. The third-order valence-electron chi connectivity index (χ3n) is 2.99. The second-order valence-electron chi connectivity index (χ2n) is 5.30. The zero-order chi connectivity index (χ0) is 17.6. The molecule has 0 radical (unpaired) electrons. The van der Waals surface area contributed by atoms with E-state index < -0.39 is 23.7 Å². The minimum absolute atomic E-state index is 0.0756. The van der Waals surface area contributed by atoms with Gasteiger partial charge in [-0.15, -0.1) is 0 Å². The number of anilines is 2. The van der Waals surface area contributed by atoms with Crippen molar-refractivity contribution in [2.24, 2.45) is 5.92 Å². The molecule has 0 aliphatic heterocycles. The Morgan fingerprint density at radius 2 is 1.87 bits per heavy atom. The zero-order valence-corrected chi connectivity index (χ0v) is 13.3. The third-order valence-corrected chi connectivity index (χ3v) is 2.99. The summed E-state index contributed by atoms with van der Waals surface area (Å²) in [5.41, 5.74) is 0.222. The number of carbonyl (C=O) groups is 3. The van der Waals surface area contributed by atoms with Gasteiger partial charge in [-0.2, -0.15) is 0 Å². The molecule has 3 amide bonds. The molecule has 124 valence electrons. The van der Waals surface area contributed by atoms with Crippen molar-refractivity contribution in [1.29, 1.82) is 0 Å². The van der Waals surface area contributed by atoms with Gasteiger partial charge in [0.15, 0.2) is 0 Å². The number of carbonyl (C=O) groups excluding carboxylic acids is 3. The number of nitrogens with one attached hydrogen (secondary N) is 3. The van der Waals surface area contributed by atoms with Crippen molar-refractivity contribution in [3.8, 4) is 0 Å². The number of halogens is 1. The van der Waals surface area contributed by atoms with E-state index in [4.69, 9.17) is 0 Å². The summed E-state index contributed by atoms with van der Waals surface area (Å²) in [6.07, 6.45) is 1.01. The van der Waals surface area contributed by atoms with E-state index in [0.717, 1.165) is 12.1 Å². The van der Waals surface area contributed by atoms with Crippen LogP contribution < -0.4 is 16.0 Å². The molecular formula is C16H20FN3O3. The van der Waals surface area contributed by atoms with Crippen LogP contribution in [0, 0.1) is 11.7 Å². The van der Waals surface area contributed by atoms with Crippen LogP contribution in [0.1, 0.15) is 20.8 Å². The van der Waals surface area contributed by atoms with Crippen LogP contribution in [0.2, 0.25) is 0 Å². The van der Waals surface area contributed by atoms with Crippen molar-refractivity contribution < 1.29 is 18.8 Å². The normalized spacial score (nSPS) is 11.5. The van der Waals surface area contributed by atoms with Gasteiger partial charge < -0.3 is 16.0 Å². The average Bonchev–Trinajstić information content (AvgIpc) is 2.47. The summed E-state index contributed by atoms with van der Waals surface area (Å²) < 4.78 is 13.6. The van der Waals surface area contributed by atoms with Gasteiger partial charge in [-0.1, -0.05) is 20.4 Å². The van der Waals surface area contributed by atoms with E-state index in [9.17, 15) is 18.8 Å². The van der Waals surface area contributed by atoms with Gasteiger partial charge in [-0.3, -0.25) is 14.4 Å². The molecule has 0 unspecified atom stereocenters. The second-order valence-corrected chi connectivity index (χ2v) is 5.30. The highest BCUT2D eigenvalue weighted by Gasteiger charge is 2.23. The predicted molar refractivity (Wildman–Crippen MR) is 86.3 cm³/mol. The van der Waals surface area contributed by atoms with Gasteiger partial charge in [0, 0.05) is 12.6 Å². The number of hydrogen-bond acceptors (Lipinski definition) is 3. The molecule has 23 heavy (non-hydrogen) atoms. The quantitative estimate of drug-likeness (QED) is 0.701. The first-order chi connectivity index (χ1) is 10.7. The van der Waals surface area contributed by atoms with Crippen molar-refractivity contribution in [2.45, 2.75) is 26.8 Å². The van der Waals surface area contributed by atoms with E-state index in [-0.39, 0.29) is 17.5 Å². The van der Waals surface area contributed by atoms with Crippen molar-refractivity contribution in [1.82, 2.24) is 5.32 Å². The first kappa shape index (κ1) is 18.3. The number of benzene rings is 1. The van der Waals surface area contributed by atoms with Gasteiger partial charge in [0.2, 0.25) is 17.7 Å². The maximum Gasteiger partial charge on any atom is 0.247 e. The zero-order valence-electron chi connectivity index (χ0n) is 13.3. The van der Waals surface area contributed by atoms with Crippen LogP contribution >= 0.6 is 0 Å². The summed E-state index contributed by atoms with van der Waals surface area (Å²) in [6, 6.07) is 3.06. The SMILES string of the molecule is C=CC(=O)Nc1cc(NC(=O)[C@@H](NC(C)=O)C(C)C)ccc1F. The first-order valence-electron chi connectivity index (χ1n) is 7.05. The van der Waals surface area contributed by atoms with Crippen molar-refractivity contribution in [3.63, 3.8) is 0 Å². The van der Waals surface area contributed by atoms with E-state index >= 15 is 0 Å². The molecule has 3 N–H and O–H groups in total. The van der Waals surface area contributed by atoms with Crippen LogP contribution in [0.15, 0.2) is 30.9 Å². The highest BCUT2D eigenvalue weighted by molar-refractivity contribution is 6.00. The molecule has 1 rings (SSSR count). The maximum atomic E-state index is 13.6. The van der Waals surface area contributed by atoms with Gasteiger partial charge in [0.05, 0.1) is 5.69 Å². The molecule has 1 aromatic carbocycles. The molecule has 0 aliphatic carbocycles. The maximum absolute atomic E-state index is 13.6. The summed E-state index contributed by atoms with van der Waals surface area (Å²) in [5.74, 6) is -2.08. The lowest BCUT2D eigenvalue weighted by Crippen LogP contribution is -2.46. The summed E-state index contributed by atoms with van der Waals surface area (Å²) in [6.45, 7) is 8.19. The van der Waals surface area contributed by atoms with Gasteiger partial charge in [0.25, 0.3) is 0 Å². The summed E-state index contributed by atoms with van der Waals surface area (Å²) in [5, 5.41) is 7.45. The highest BCUT2D eigenvalue weighted by atomic mass is 19.1. The first-order valence-corrected chi connectivity index (χ1v) is 7.05. The predicted octanol–water partition coefficient (Wildman–Crippen LogP) is 2.05. The minimum Gasteiger partial charge on any atom is -0.344 e. The fraction of sp³-hybridized carbons (Fsp3) is 0.312. The Kier molecular flexibility index (Phi) is 6.44. The number of amides is 3. The van der Waals surface area contributed by atoms with Crippen LogP contribution in [0.3, 0.4) is 0 Å². The third kappa shape index (κ3) is 5.54. The molecule has 0 saturated heterocycles. The molecule has 0 spiro atoms. The standard InChI is InChI=1S/C16H20FN3O3/c1-5-14(22)20-13-8-11(6-7-12(13)17)19-16(23)15(9(2)3)18-10(4)21/h5-9,15H,1H2,2-4H3,(H,18,21)(H,19,23)(H,20,22)/t15-/m0/s1. The van der Waals surface area contributed by atoms with E-state index in [1.54, 1.807) is 13.8 Å². The van der Waals surface area contributed by atoms with Crippen molar-refractivity contribution >= 4 is 29.1 Å². The van der Waals surface area contributed by atoms with Crippen molar-refractivity contribution in [2.75, 3.05) is 10.6 Å². The van der Waals surface area contributed by atoms with Gasteiger partial charge >= 0.3 is 0 Å². The Bertz CT molecular complexity index is 629. The molecular weight excluding hydrogens is 301 g/mol. The van der Waals surface area contributed by atoms with Crippen LogP contribution in [0.4, 0.5) is 15.8 Å². The molecule has 1 aromatic rings. The van der Waals surface area contributed by atoms with Crippen LogP contribution in [-0.2, 0) is 14.4 Å². The topological polar surface area (TPSA) is 87.3 Å². The van der Waals surface area contributed by atoms with E-state index in [2.05, 4.69) is 22.5 Å². The van der Waals surface area contributed by atoms with E-state index in [0.29, 0.717) is 5.69 Å². The van der Waals surface area contributed by atoms with Gasteiger partial charge in [-0.25, -0.2) is 4.39 Å². The summed E-state index contributed by atoms with van der Waals surface area (Å²) in [4.78, 5) is 34.7. The highest BCUT2D eigenvalue weighted by Crippen LogP contribution is 2.20. The van der Waals surface area contributed by atoms with Crippen molar-refractivity contribution in [3.05, 3.63) is 36.7 Å². The molecule has 0 fully saturated rings. The Balaban J connectivity index is 2.92. The number of rotatable bonds is 6. The molecule has 0 bridgehead atoms. The molecule has 0 aliphatic rings. The van der Waals surface area contributed by atoms with Gasteiger partial charge in [0.1, 0.15) is 11.9 Å². The van der Waals surface area contributed by atoms with Gasteiger partial charge in [-0.05, 0) is 30.2 Å². The Hall–Kier alpha value is -2.70. The summed E-state index contributed by atoms with van der Waals surface area (Å²) >= 11 is 0. The van der Waals surface area contributed by atoms with Crippen LogP contribution in [-0.4, -0.2) is 23.8 Å². The smallest absolute Gasteiger partial charge is 0.247 e. The van der Waals surface area contributed by atoms with E-state index in [1.807, 2.05) is 0 Å². The molecule has 0 saturated carbocycles. The lowest BCUT2D eigenvalue weighted by atomic mass is 10.0. The molecule has 1 atom stereocenters. The Morgan fingerprint density at radius 3 is 2.39 bits per heavy atom. The fourth-order valence-electron chi connectivity index (χ4n) is 1.86. The Morgan fingerprint density at radius 1 is 1.22 bits per heavy atom. The molecule has 6 nitrogen and oxygen atoms in total. The Labute approximate surface area is 134 Å². The molecule has 0 heterocycles. The van der Waals surface area contributed by atoms with Crippen LogP contribution in [0.5, 0.6) is 0 Å². The summed E-state index contributed by atoms with van der Waals surface area (Å²) in [7, 11) is 0. The molecule has 7 heteroatoms. The lowest BCUT2D eigenvalue weighted by Gasteiger charge is -2.21. The van der Waals surface area contributed by atoms with E-state index in [1.165, 1.54) is 19.1 Å². The average molecular weight is 321 g/mol. The molecule has 0 aromatic heterocycles.